The molecule has 124 valence electrons. The predicted molar refractivity (Wildman–Crippen MR) is 101 cm³/mol. The normalized spacial score (nSPS) is 14.5. The molecule has 5 heteroatoms. The van der Waals surface area contributed by atoms with E-state index in [4.69, 9.17) is 27.9 Å². The lowest BCUT2D eigenvalue weighted by Crippen LogP contribution is -2.17. The van der Waals surface area contributed by atoms with Gasteiger partial charge in [-0.2, -0.15) is 0 Å². The molecule has 24 heavy (non-hydrogen) atoms. The third-order valence-corrected chi connectivity index (χ3v) is 5.19. The summed E-state index contributed by atoms with van der Waals surface area (Å²) in [4.78, 5) is 0. The fraction of sp³-hybridized carbons (Fsp3) is 0.263. The van der Waals surface area contributed by atoms with E-state index in [0.29, 0.717) is 15.8 Å². The Morgan fingerprint density at radius 3 is 2.62 bits per heavy atom. The van der Waals surface area contributed by atoms with Gasteiger partial charge in [0.2, 0.25) is 0 Å². The zero-order valence-electron chi connectivity index (χ0n) is 13.4. The molecule has 0 atom stereocenters. The number of nitrogens with zero attached hydrogens (tertiary/aromatic N) is 1. The summed E-state index contributed by atoms with van der Waals surface area (Å²) in [6.45, 7) is 2.92. The molecule has 0 bridgehead atoms. The Bertz CT molecular complexity index is 894. The molecule has 0 aliphatic carbocycles. The molecule has 0 unspecified atom stereocenters. The van der Waals surface area contributed by atoms with Crippen molar-refractivity contribution in [2.24, 2.45) is 0 Å². The molecule has 4 rings (SSSR count). The molecular weight excluding hydrogens is 343 g/mol. The van der Waals surface area contributed by atoms with Crippen molar-refractivity contribution in [3.05, 3.63) is 52.1 Å². The van der Waals surface area contributed by atoms with Gasteiger partial charge in [0.25, 0.3) is 0 Å². The zero-order valence-corrected chi connectivity index (χ0v) is 14.9. The van der Waals surface area contributed by atoms with Crippen LogP contribution in [-0.4, -0.2) is 24.8 Å². The van der Waals surface area contributed by atoms with E-state index < -0.39 is 0 Å². The standard InChI is InChI=1S/C19H18Cl2N2O/c1-24-14-10-16(20)18(17(21)11-14)15-4-2-3-12-9-13-5-6-22-7-8-23(13)19(12)15/h2-4,9-11,22H,5-8H2,1H3. The molecule has 2 aromatic carbocycles. The van der Waals surface area contributed by atoms with E-state index in [1.807, 2.05) is 12.1 Å². The van der Waals surface area contributed by atoms with Gasteiger partial charge >= 0.3 is 0 Å². The van der Waals surface area contributed by atoms with Crippen molar-refractivity contribution in [3.8, 4) is 16.9 Å². The van der Waals surface area contributed by atoms with Crippen LogP contribution >= 0.6 is 23.2 Å². The van der Waals surface area contributed by atoms with Gasteiger partial charge in [0.1, 0.15) is 5.75 Å². The first-order valence-electron chi connectivity index (χ1n) is 8.04. The number of para-hydroxylation sites is 1. The summed E-state index contributed by atoms with van der Waals surface area (Å²) in [6, 6.07) is 12.2. The fourth-order valence-electron chi connectivity index (χ4n) is 3.50. The minimum absolute atomic E-state index is 0.606. The zero-order chi connectivity index (χ0) is 16.7. The highest BCUT2D eigenvalue weighted by Crippen LogP contribution is 2.41. The first-order chi connectivity index (χ1) is 11.7. The third-order valence-electron chi connectivity index (χ3n) is 4.60. The van der Waals surface area contributed by atoms with Crippen LogP contribution in [-0.2, 0) is 13.0 Å². The SMILES string of the molecule is COc1cc(Cl)c(-c2cccc3cc4n(c23)CCNCC4)c(Cl)c1. The minimum Gasteiger partial charge on any atom is -0.497 e. The van der Waals surface area contributed by atoms with Gasteiger partial charge in [-0.15, -0.1) is 0 Å². The topological polar surface area (TPSA) is 26.2 Å². The van der Waals surface area contributed by atoms with E-state index >= 15 is 0 Å². The molecule has 3 nitrogen and oxygen atoms in total. The molecule has 0 amide bonds. The van der Waals surface area contributed by atoms with Crippen LogP contribution in [0.2, 0.25) is 10.0 Å². The predicted octanol–water partition coefficient (Wildman–Crippen LogP) is 4.77. The molecule has 1 aliphatic heterocycles. The average molecular weight is 361 g/mol. The lowest BCUT2D eigenvalue weighted by molar-refractivity contribution is 0.415. The molecule has 0 spiro atoms. The summed E-state index contributed by atoms with van der Waals surface area (Å²) in [5.74, 6) is 0.666. The van der Waals surface area contributed by atoms with E-state index in [0.717, 1.165) is 37.2 Å². The van der Waals surface area contributed by atoms with Crippen LogP contribution in [0.1, 0.15) is 5.69 Å². The van der Waals surface area contributed by atoms with E-state index in [1.54, 1.807) is 7.11 Å². The van der Waals surface area contributed by atoms with Crippen LogP contribution in [0.5, 0.6) is 5.75 Å². The van der Waals surface area contributed by atoms with Crippen molar-refractivity contribution in [1.29, 1.82) is 0 Å². The molecule has 3 aromatic rings. The van der Waals surface area contributed by atoms with Crippen molar-refractivity contribution >= 4 is 34.1 Å². The smallest absolute Gasteiger partial charge is 0.121 e. The number of hydrogen-bond donors (Lipinski definition) is 1. The van der Waals surface area contributed by atoms with Crippen LogP contribution < -0.4 is 10.1 Å². The maximum Gasteiger partial charge on any atom is 0.121 e. The summed E-state index contributed by atoms with van der Waals surface area (Å²) in [5.41, 5.74) is 4.48. The Morgan fingerprint density at radius 2 is 1.88 bits per heavy atom. The molecule has 0 radical (unpaired) electrons. The summed E-state index contributed by atoms with van der Waals surface area (Å²) >= 11 is 13.1. The second kappa shape index (κ2) is 6.32. The first-order valence-corrected chi connectivity index (χ1v) is 8.80. The Morgan fingerprint density at radius 1 is 1.08 bits per heavy atom. The van der Waals surface area contributed by atoms with Gasteiger partial charge in [0.05, 0.1) is 22.7 Å². The van der Waals surface area contributed by atoms with Crippen molar-refractivity contribution in [1.82, 2.24) is 9.88 Å². The summed E-state index contributed by atoms with van der Waals surface area (Å²) < 4.78 is 7.65. The maximum atomic E-state index is 6.54. The number of aromatic nitrogens is 1. The molecule has 1 aliphatic rings. The van der Waals surface area contributed by atoms with Gasteiger partial charge in [-0.1, -0.05) is 41.4 Å². The van der Waals surface area contributed by atoms with Crippen LogP contribution in [0.15, 0.2) is 36.4 Å². The van der Waals surface area contributed by atoms with E-state index in [1.165, 1.54) is 16.6 Å². The molecule has 0 saturated carbocycles. The molecule has 1 N–H and O–H groups in total. The van der Waals surface area contributed by atoms with E-state index in [2.05, 4.69) is 34.1 Å². The lowest BCUT2D eigenvalue weighted by atomic mass is 10.0. The van der Waals surface area contributed by atoms with E-state index in [-0.39, 0.29) is 0 Å². The Labute approximate surface area is 151 Å². The monoisotopic (exact) mass is 360 g/mol. The number of halogens is 2. The molecule has 2 heterocycles. The summed E-state index contributed by atoms with van der Waals surface area (Å²) in [7, 11) is 1.61. The van der Waals surface area contributed by atoms with Crippen molar-refractivity contribution in [2.75, 3.05) is 20.2 Å². The minimum atomic E-state index is 0.606. The second-order valence-electron chi connectivity index (χ2n) is 6.00. The Kier molecular flexibility index (Phi) is 4.17. The highest BCUT2D eigenvalue weighted by molar-refractivity contribution is 6.40. The van der Waals surface area contributed by atoms with E-state index in [9.17, 15) is 0 Å². The van der Waals surface area contributed by atoms with Crippen LogP contribution in [0, 0.1) is 0 Å². The second-order valence-corrected chi connectivity index (χ2v) is 6.81. The van der Waals surface area contributed by atoms with Crippen LogP contribution in [0.25, 0.3) is 22.0 Å². The number of benzene rings is 2. The first kappa shape index (κ1) is 15.8. The number of ether oxygens (including phenoxy) is 1. The molecule has 1 aromatic heterocycles. The van der Waals surface area contributed by atoms with Gasteiger partial charge < -0.3 is 14.6 Å². The fourth-order valence-corrected chi connectivity index (χ4v) is 4.17. The van der Waals surface area contributed by atoms with Gasteiger partial charge in [0.15, 0.2) is 0 Å². The summed E-state index contributed by atoms with van der Waals surface area (Å²) in [5, 5.41) is 5.89. The van der Waals surface area contributed by atoms with Crippen molar-refractivity contribution in [3.63, 3.8) is 0 Å². The van der Waals surface area contributed by atoms with Gasteiger partial charge in [-0.05, 0) is 18.2 Å². The Hall–Kier alpha value is -1.68. The van der Waals surface area contributed by atoms with Gasteiger partial charge in [-0.3, -0.25) is 0 Å². The number of rotatable bonds is 2. The average Bonchev–Trinajstić information content (AvgIpc) is 2.76. The molecule has 0 fully saturated rings. The van der Waals surface area contributed by atoms with Gasteiger partial charge in [0, 0.05) is 48.3 Å². The molecule has 0 saturated heterocycles. The van der Waals surface area contributed by atoms with Crippen LogP contribution in [0.4, 0.5) is 0 Å². The quantitative estimate of drug-likeness (QED) is 0.712. The summed E-state index contributed by atoms with van der Waals surface area (Å²) in [6.07, 6.45) is 1.03. The third kappa shape index (κ3) is 2.57. The highest BCUT2D eigenvalue weighted by Gasteiger charge is 2.19. The maximum absolute atomic E-state index is 6.54. The number of methoxy groups -OCH3 is 1. The number of hydrogen-bond acceptors (Lipinski definition) is 2. The molecular formula is C19H18Cl2N2O. The number of fused-ring (bicyclic) bond motifs is 3. The highest BCUT2D eigenvalue weighted by atomic mass is 35.5. The van der Waals surface area contributed by atoms with Crippen molar-refractivity contribution < 1.29 is 4.74 Å². The van der Waals surface area contributed by atoms with Gasteiger partial charge in [-0.25, -0.2) is 0 Å². The largest absolute Gasteiger partial charge is 0.497 e. The van der Waals surface area contributed by atoms with Crippen LogP contribution in [0.3, 0.4) is 0 Å². The lowest BCUT2D eigenvalue weighted by Gasteiger charge is -2.14. The number of nitrogens with one attached hydrogen (secondary N) is 1. The van der Waals surface area contributed by atoms with Crippen molar-refractivity contribution in [2.45, 2.75) is 13.0 Å². The Balaban J connectivity index is 2.00.